The molecule has 0 heterocycles. The van der Waals surface area contributed by atoms with Crippen LogP contribution in [0, 0.1) is 18.3 Å². The van der Waals surface area contributed by atoms with Gasteiger partial charge in [0.2, 0.25) is 0 Å². The van der Waals surface area contributed by atoms with Gasteiger partial charge in [0.15, 0.2) is 11.6 Å². The number of Topliss-reactive ketones (excluding diaryl/α,β-unsaturated/α-hetero) is 2. The van der Waals surface area contributed by atoms with Crippen LogP contribution >= 0.6 is 11.6 Å². The Bertz CT molecular complexity index is 860. The highest BCUT2D eigenvalue weighted by molar-refractivity contribution is 6.30. The number of hydrogen-bond acceptors (Lipinski definition) is 4. The van der Waals surface area contributed by atoms with E-state index in [1.165, 1.54) is 6.92 Å². The molecule has 1 fully saturated rings. The summed E-state index contributed by atoms with van der Waals surface area (Å²) in [5.41, 5.74) is 0.852. The highest BCUT2D eigenvalue weighted by atomic mass is 35.5. The van der Waals surface area contributed by atoms with E-state index < -0.39 is 17.0 Å². The molecule has 1 aromatic carbocycles. The quantitative estimate of drug-likeness (QED) is 0.774. The zero-order valence-corrected chi connectivity index (χ0v) is 15.4. The summed E-state index contributed by atoms with van der Waals surface area (Å²) < 4.78 is 0. The van der Waals surface area contributed by atoms with Gasteiger partial charge >= 0.3 is 0 Å². The lowest BCUT2D eigenvalue weighted by atomic mass is 9.74. The molecule has 0 radical (unpaired) electrons. The van der Waals surface area contributed by atoms with Crippen molar-refractivity contribution in [1.29, 1.82) is 0 Å². The fourth-order valence-electron chi connectivity index (χ4n) is 3.59. The average molecular weight is 361 g/mol. The summed E-state index contributed by atoms with van der Waals surface area (Å²) >= 11 is 5.98. The van der Waals surface area contributed by atoms with Crippen LogP contribution in [0.25, 0.3) is 0 Å². The fourth-order valence-corrected chi connectivity index (χ4v) is 3.82. The molecule has 1 unspecified atom stereocenters. The summed E-state index contributed by atoms with van der Waals surface area (Å²) in [6, 6.07) is 5.56. The molecule has 25 heavy (non-hydrogen) atoms. The molecule has 3 rings (SSSR count). The third-order valence-corrected chi connectivity index (χ3v) is 5.57. The first-order valence-electron chi connectivity index (χ1n) is 8.26. The highest BCUT2D eigenvalue weighted by Crippen LogP contribution is 2.52. The lowest BCUT2D eigenvalue weighted by molar-refractivity contribution is -0.127. The van der Waals surface area contributed by atoms with Gasteiger partial charge in [-0.15, -0.1) is 0 Å². The Kier molecular flexibility index (Phi) is 4.07. The number of allylic oxidation sites excluding steroid dienone is 3. The van der Waals surface area contributed by atoms with Crippen molar-refractivity contribution in [2.75, 3.05) is 0 Å². The van der Waals surface area contributed by atoms with Crippen molar-refractivity contribution >= 4 is 23.2 Å². The average Bonchev–Trinajstić information content (AvgIpc) is 3.32. The third-order valence-electron chi connectivity index (χ3n) is 5.34. The molecule has 1 saturated carbocycles. The molecule has 0 spiro atoms. The number of halogens is 1. The number of carbonyl (C=O) groups is 2. The Labute approximate surface area is 151 Å². The van der Waals surface area contributed by atoms with Gasteiger partial charge in [0.25, 0.3) is 0 Å². The van der Waals surface area contributed by atoms with Crippen LogP contribution in [0.5, 0.6) is 0 Å². The molecule has 0 amide bonds. The van der Waals surface area contributed by atoms with Crippen molar-refractivity contribution in [3.8, 4) is 0 Å². The zero-order chi connectivity index (χ0) is 18.7. The summed E-state index contributed by atoms with van der Waals surface area (Å²) in [4.78, 5) is 25.6. The molecule has 0 bridgehead atoms. The van der Waals surface area contributed by atoms with E-state index in [1.54, 1.807) is 19.9 Å². The first-order valence-corrected chi connectivity index (χ1v) is 8.64. The number of rotatable bonds is 3. The van der Waals surface area contributed by atoms with E-state index in [0.717, 1.165) is 11.1 Å². The molecule has 0 saturated heterocycles. The minimum atomic E-state index is -1.21. The largest absolute Gasteiger partial charge is 0.511 e. The van der Waals surface area contributed by atoms with E-state index in [0.29, 0.717) is 11.4 Å². The van der Waals surface area contributed by atoms with E-state index in [-0.39, 0.29) is 34.5 Å². The first kappa shape index (κ1) is 17.7. The Morgan fingerprint density at radius 1 is 1.24 bits per heavy atom. The second-order valence-electron chi connectivity index (χ2n) is 7.47. The second-order valence-corrected chi connectivity index (χ2v) is 7.90. The Morgan fingerprint density at radius 3 is 2.48 bits per heavy atom. The van der Waals surface area contributed by atoms with Crippen LogP contribution in [0.1, 0.15) is 44.2 Å². The first-order chi connectivity index (χ1) is 11.6. The van der Waals surface area contributed by atoms with E-state index in [2.05, 4.69) is 0 Å². The van der Waals surface area contributed by atoms with Gasteiger partial charge in [-0.3, -0.25) is 9.59 Å². The summed E-state index contributed by atoms with van der Waals surface area (Å²) in [5.74, 6) is -1.76. The van der Waals surface area contributed by atoms with E-state index in [4.69, 9.17) is 11.6 Å². The molecule has 0 aromatic heterocycles. The smallest absolute Gasteiger partial charge is 0.183 e. The highest BCUT2D eigenvalue weighted by Gasteiger charge is 2.51. The Hall–Kier alpha value is -2.07. The van der Waals surface area contributed by atoms with Gasteiger partial charge in [0.05, 0.1) is 5.41 Å². The number of aliphatic hydroxyl groups excluding tert-OH is 2. The van der Waals surface area contributed by atoms with Gasteiger partial charge in [-0.1, -0.05) is 17.7 Å². The van der Waals surface area contributed by atoms with Gasteiger partial charge in [-0.25, -0.2) is 0 Å². The van der Waals surface area contributed by atoms with Crippen molar-refractivity contribution < 1.29 is 19.8 Å². The number of benzene rings is 1. The van der Waals surface area contributed by atoms with Crippen LogP contribution in [0.4, 0.5) is 0 Å². The molecule has 4 nitrogen and oxygen atoms in total. The monoisotopic (exact) mass is 360 g/mol. The Morgan fingerprint density at radius 2 is 1.88 bits per heavy atom. The second kappa shape index (κ2) is 5.73. The van der Waals surface area contributed by atoms with Crippen LogP contribution in [-0.2, 0) is 9.59 Å². The van der Waals surface area contributed by atoms with E-state index in [9.17, 15) is 19.8 Å². The SMILES string of the molecule is CC1=C(O)C(C)(C)C(=O)C(C(=O)C2C[C@@H]2c2ccc(Cl)cc2C)=C1O. The molecular weight excluding hydrogens is 340 g/mol. The maximum atomic E-state index is 12.9. The van der Waals surface area contributed by atoms with E-state index >= 15 is 0 Å². The lowest BCUT2D eigenvalue weighted by Gasteiger charge is -2.29. The predicted octanol–water partition coefficient (Wildman–Crippen LogP) is 4.57. The molecule has 132 valence electrons. The van der Waals surface area contributed by atoms with Crippen molar-refractivity contribution in [3.63, 3.8) is 0 Å². The summed E-state index contributed by atoms with van der Waals surface area (Å²) in [5, 5.41) is 21.1. The van der Waals surface area contributed by atoms with Gasteiger partial charge in [0, 0.05) is 16.5 Å². The number of ketones is 2. The van der Waals surface area contributed by atoms with Crippen LogP contribution in [-0.4, -0.2) is 21.8 Å². The van der Waals surface area contributed by atoms with Crippen molar-refractivity contribution in [3.05, 3.63) is 57.0 Å². The summed E-state index contributed by atoms with van der Waals surface area (Å²) in [7, 11) is 0. The maximum absolute atomic E-state index is 12.9. The van der Waals surface area contributed by atoms with Crippen LogP contribution in [0.15, 0.2) is 40.9 Å². The van der Waals surface area contributed by atoms with Crippen molar-refractivity contribution in [2.45, 2.75) is 40.0 Å². The normalized spacial score (nSPS) is 25.4. The number of hydrogen-bond donors (Lipinski definition) is 2. The standard InChI is InChI=1S/C20H21ClO4/c1-9-7-11(21)5-6-12(9)13-8-14(13)17(23)15-16(22)10(2)18(24)20(3,4)19(15)25/h5-7,13-14,22,24H,8H2,1-4H3/t13-,14?/m1/s1. The topological polar surface area (TPSA) is 74.6 Å². The molecular formula is C20H21ClO4. The minimum absolute atomic E-state index is 0.0285. The van der Waals surface area contributed by atoms with Crippen LogP contribution < -0.4 is 0 Å². The summed E-state index contributed by atoms with van der Waals surface area (Å²) in [6.45, 7) is 6.57. The molecule has 2 aliphatic rings. The minimum Gasteiger partial charge on any atom is -0.511 e. The molecule has 0 aliphatic heterocycles. The van der Waals surface area contributed by atoms with Gasteiger partial charge in [-0.05, 0) is 63.3 Å². The number of aliphatic hydroxyl groups is 2. The maximum Gasteiger partial charge on any atom is 0.183 e. The molecule has 5 heteroatoms. The predicted molar refractivity (Wildman–Crippen MR) is 95.8 cm³/mol. The zero-order valence-electron chi connectivity index (χ0n) is 14.7. The molecule has 2 aliphatic carbocycles. The summed E-state index contributed by atoms with van der Waals surface area (Å²) in [6.07, 6.45) is 0.639. The van der Waals surface area contributed by atoms with Crippen molar-refractivity contribution in [1.82, 2.24) is 0 Å². The molecule has 2 N–H and O–H groups in total. The van der Waals surface area contributed by atoms with E-state index in [1.807, 2.05) is 19.1 Å². The Balaban J connectivity index is 1.93. The molecule has 1 aromatic rings. The van der Waals surface area contributed by atoms with Crippen molar-refractivity contribution in [2.24, 2.45) is 11.3 Å². The lowest BCUT2D eigenvalue weighted by Crippen LogP contribution is -2.36. The van der Waals surface area contributed by atoms with Gasteiger partial charge in [0.1, 0.15) is 17.1 Å². The number of aryl methyl sites for hydroxylation is 1. The van der Waals surface area contributed by atoms with Gasteiger partial charge in [-0.2, -0.15) is 0 Å². The fraction of sp³-hybridized carbons (Fsp3) is 0.400. The van der Waals surface area contributed by atoms with Crippen LogP contribution in [0.2, 0.25) is 5.02 Å². The van der Waals surface area contributed by atoms with Crippen LogP contribution in [0.3, 0.4) is 0 Å². The molecule has 2 atom stereocenters. The third kappa shape index (κ3) is 2.69. The van der Waals surface area contributed by atoms with Gasteiger partial charge < -0.3 is 10.2 Å². The number of carbonyl (C=O) groups excluding carboxylic acids is 2.